The Balaban J connectivity index is 2.52. The highest BCUT2D eigenvalue weighted by molar-refractivity contribution is 7.18. The third kappa shape index (κ3) is 1.91. The van der Waals surface area contributed by atoms with Crippen LogP contribution in [0.1, 0.15) is 11.0 Å². The lowest BCUT2D eigenvalue weighted by Crippen LogP contribution is -2.00. The lowest BCUT2D eigenvalue weighted by molar-refractivity contribution is 0.0515. The molecule has 0 aliphatic heterocycles. The molecule has 0 spiro atoms. The average Bonchev–Trinajstić information content (AvgIpc) is 2.61. The van der Waals surface area contributed by atoms with E-state index in [1.165, 1.54) is 12.4 Å². The molecule has 0 saturated heterocycles. The fourth-order valence-electron chi connectivity index (χ4n) is 1.11. The van der Waals surface area contributed by atoms with Gasteiger partial charge in [-0.05, 0) is 6.07 Å². The summed E-state index contributed by atoms with van der Waals surface area (Å²) in [6.07, 6.45) is -4.12. The van der Waals surface area contributed by atoms with Crippen LogP contribution in [0.15, 0.2) is 12.4 Å². The van der Waals surface area contributed by atoms with Crippen LogP contribution < -0.4 is 0 Å². The van der Waals surface area contributed by atoms with Crippen molar-refractivity contribution in [1.82, 2.24) is 9.97 Å². The molecule has 2 rings (SSSR count). The Morgan fingerprint density at radius 3 is 2.60 bits per heavy atom. The van der Waals surface area contributed by atoms with Crippen molar-refractivity contribution in [3.63, 3.8) is 0 Å². The molecule has 2 heterocycles. The topological polar surface area (TPSA) is 25.8 Å². The molecule has 0 aliphatic rings. The van der Waals surface area contributed by atoms with E-state index in [2.05, 4.69) is 9.97 Å². The summed E-state index contributed by atoms with van der Waals surface area (Å²) in [5.41, 5.74) is 0. The molecule has 0 saturated carbocycles. The Hall–Kier alpha value is -0.880. The van der Waals surface area contributed by atoms with E-state index in [-0.39, 0.29) is 10.0 Å². The van der Waals surface area contributed by atoms with Gasteiger partial charge in [0.2, 0.25) is 0 Å². The minimum Gasteiger partial charge on any atom is -0.235 e. The summed E-state index contributed by atoms with van der Waals surface area (Å²) in [5, 5.41) is 0.548. The van der Waals surface area contributed by atoms with Crippen LogP contribution in [0.5, 0.6) is 0 Å². The molecule has 2 aromatic heterocycles. The smallest absolute Gasteiger partial charge is 0.235 e. The number of alkyl halides is 3. The highest BCUT2D eigenvalue weighted by Crippen LogP contribution is 2.35. The van der Waals surface area contributed by atoms with Crippen LogP contribution in [0.2, 0.25) is 5.15 Å². The predicted molar refractivity (Wildman–Crippen MR) is 52.3 cm³/mol. The van der Waals surface area contributed by atoms with Crippen molar-refractivity contribution in [1.29, 1.82) is 0 Å². The second kappa shape index (κ2) is 3.94. The zero-order valence-corrected chi connectivity index (χ0v) is 8.70. The fourth-order valence-corrected chi connectivity index (χ4v) is 2.33. The molecule has 0 amide bonds. The van der Waals surface area contributed by atoms with Crippen LogP contribution in [-0.4, -0.2) is 16.4 Å². The van der Waals surface area contributed by atoms with E-state index in [1.807, 2.05) is 0 Å². The number of thiophene rings is 1. The van der Waals surface area contributed by atoms with Crippen molar-refractivity contribution in [3.8, 4) is 0 Å². The Kier molecular flexibility index (Phi) is 2.79. The van der Waals surface area contributed by atoms with Gasteiger partial charge in [0.05, 0.1) is 0 Å². The van der Waals surface area contributed by atoms with Crippen LogP contribution in [0.4, 0.5) is 13.2 Å². The van der Waals surface area contributed by atoms with E-state index in [0.717, 1.165) is 11.3 Å². The molecule has 0 aromatic carbocycles. The van der Waals surface area contributed by atoms with E-state index in [1.54, 1.807) is 0 Å². The Labute approximate surface area is 91.7 Å². The average molecular weight is 253 g/mol. The molecule has 0 fully saturated rings. The maximum atomic E-state index is 13.0. The summed E-state index contributed by atoms with van der Waals surface area (Å²) < 4.78 is 37.2. The first-order valence-corrected chi connectivity index (χ1v) is 5.11. The van der Waals surface area contributed by atoms with E-state index in [9.17, 15) is 13.2 Å². The van der Waals surface area contributed by atoms with Gasteiger partial charge in [0, 0.05) is 10.3 Å². The van der Waals surface area contributed by atoms with Crippen molar-refractivity contribution < 1.29 is 13.2 Å². The molecule has 0 aliphatic carbocycles. The molecule has 2 nitrogen and oxygen atoms in total. The van der Waals surface area contributed by atoms with Gasteiger partial charge in [0.25, 0.3) is 6.43 Å². The lowest BCUT2D eigenvalue weighted by Gasteiger charge is -2.01. The first-order valence-electron chi connectivity index (χ1n) is 3.91. The molecular weight excluding hydrogens is 249 g/mol. The summed E-state index contributed by atoms with van der Waals surface area (Å²) in [7, 11) is 0. The molecule has 15 heavy (non-hydrogen) atoms. The van der Waals surface area contributed by atoms with Gasteiger partial charge < -0.3 is 0 Å². The summed E-state index contributed by atoms with van der Waals surface area (Å²) in [6.45, 7) is 0. The molecular formula is C8H4ClF3N2S. The van der Waals surface area contributed by atoms with Crippen molar-refractivity contribution in [3.05, 3.63) is 22.4 Å². The van der Waals surface area contributed by atoms with Gasteiger partial charge in [-0.1, -0.05) is 11.6 Å². The Bertz CT molecular complexity index is 488. The number of halogens is 4. The van der Waals surface area contributed by atoms with Gasteiger partial charge in [-0.2, -0.15) is 0 Å². The molecule has 7 heteroatoms. The van der Waals surface area contributed by atoms with Gasteiger partial charge in [-0.15, -0.1) is 11.3 Å². The largest absolute Gasteiger partial charge is 0.274 e. The maximum Gasteiger partial charge on any atom is 0.274 e. The molecule has 1 atom stereocenters. The number of hydrogen-bond donors (Lipinski definition) is 0. The van der Waals surface area contributed by atoms with Crippen molar-refractivity contribution in [2.45, 2.75) is 12.6 Å². The second-order valence-electron chi connectivity index (χ2n) is 2.77. The van der Waals surface area contributed by atoms with Gasteiger partial charge in [0.15, 0.2) is 6.17 Å². The quantitative estimate of drug-likeness (QED) is 0.763. The van der Waals surface area contributed by atoms with Gasteiger partial charge in [-0.3, -0.25) is 0 Å². The summed E-state index contributed by atoms with van der Waals surface area (Å²) in [6, 6.07) is 1.26. The predicted octanol–water partition coefficient (Wildman–Crippen LogP) is 3.62. The second-order valence-corrected chi connectivity index (χ2v) is 4.19. The minimum absolute atomic E-state index is 0.0811. The zero-order valence-electron chi connectivity index (χ0n) is 7.12. The van der Waals surface area contributed by atoms with Gasteiger partial charge >= 0.3 is 0 Å². The zero-order chi connectivity index (χ0) is 11.0. The van der Waals surface area contributed by atoms with Gasteiger partial charge in [-0.25, -0.2) is 23.1 Å². The van der Waals surface area contributed by atoms with Crippen LogP contribution in [-0.2, 0) is 0 Å². The van der Waals surface area contributed by atoms with Crippen LogP contribution in [0.3, 0.4) is 0 Å². The fraction of sp³-hybridized carbons (Fsp3) is 0.250. The molecule has 0 N–H and O–H groups in total. The highest BCUT2D eigenvalue weighted by atomic mass is 35.5. The molecule has 0 radical (unpaired) electrons. The number of aromatic nitrogens is 2. The van der Waals surface area contributed by atoms with Crippen LogP contribution in [0, 0.1) is 0 Å². The van der Waals surface area contributed by atoms with Crippen molar-refractivity contribution in [2.24, 2.45) is 0 Å². The van der Waals surface area contributed by atoms with Crippen molar-refractivity contribution >= 4 is 33.2 Å². The molecule has 1 unspecified atom stereocenters. The molecule has 0 bridgehead atoms. The van der Waals surface area contributed by atoms with Crippen LogP contribution in [0.25, 0.3) is 10.2 Å². The number of rotatable bonds is 2. The Morgan fingerprint density at radius 2 is 2.00 bits per heavy atom. The third-order valence-corrected chi connectivity index (χ3v) is 3.19. The van der Waals surface area contributed by atoms with Crippen molar-refractivity contribution in [2.75, 3.05) is 0 Å². The van der Waals surface area contributed by atoms with E-state index in [0.29, 0.717) is 10.2 Å². The SMILES string of the molecule is FC(F)C(F)c1cc2c(Cl)ncnc2s1. The summed E-state index contributed by atoms with van der Waals surface area (Å²) >= 11 is 6.56. The van der Waals surface area contributed by atoms with E-state index in [4.69, 9.17) is 11.6 Å². The first-order chi connectivity index (χ1) is 7.09. The molecule has 2 aromatic rings. The standard InChI is InChI=1S/C8H4ClF3N2S/c9-6-3-1-4(5(10)7(11)12)15-8(3)14-2-13-6/h1-2,5,7H. The Morgan fingerprint density at radius 1 is 1.27 bits per heavy atom. The monoisotopic (exact) mass is 252 g/mol. The van der Waals surface area contributed by atoms with Crippen LogP contribution >= 0.6 is 22.9 Å². The van der Waals surface area contributed by atoms with E-state index >= 15 is 0 Å². The maximum absolute atomic E-state index is 13.0. The van der Waals surface area contributed by atoms with E-state index < -0.39 is 12.6 Å². The summed E-state index contributed by atoms with van der Waals surface area (Å²) in [4.78, 5) is 7.82. The number of hydrogen-bond acceptors (Lipinski definition) is 3. The normalized spacial score (nSPS) is 13.7. The molecule has 80 valence electrons. The number of nitrogens with zero attached hydrogens (tertiary/aromatic N) is 2. The minimum atomic E-state index is -3.04. The first kappa shape index (κ1) is 10.6. The van der Waals surface area contributed by atoms with Gasteiger partial charge in [0.1, 0.15) is 16.3 Å². The highest BCUT2D eigenvalue weighted by Gasteiger charge is 2.24. The summed E-state index contributed by atoms with van der Waals surface area (Å²) in [5.74, 6) is 0. The number of fused-ring (bicyclic) bond motifs is 1. The lowest BCUT2D eigenvalue weighted by atomic mass is 10.3. The third-order valence-electron chi connectivity index (χ3n) is 1.79.